The molecular formula is C13H15NO6S. The second-order valence-corrected chi connectivity index (χ2v) is 6.08. The van der Waals surface area contributed by atoms with E-state index in [0.717, 1.165) is 11.8 Å². The van der Waals surface area contributed by atoms with Crippen molar-refractivity contribution in [2.24, 2.45) is 0 Å². The molecule has 8 heteroatoms. The van der Waals surface area contributed by atoms with Crippen LogP contribution in [-0.2, 0) is 9.53 Å². The Hall–Kier alpha value is -2.09. The van der Waals surface area contributed by atoms with E-state index in [-0.39, 0.29) is 21.9 Å². The van der Waals surface area contributed by atoms with E-state index in [9.17, 15) is 19.7 Å². The van der Waals surface area contributed by atoms with E-state index in [4.69, 9.17) is 9.84 Å². The number of carbonyl (C=O) groups is 2. The van der Waals surface area contributed by atoms with Crippen LogP contribution in [0.2, 0.25) is 0 Å². The Kier molecular flexibility index (Phi) is 5.31. The zero-order valence-corrected chi connectivity index (χ0v) is 12.6. The molecule has 0 heterocycles. The van der Waals surface area contributed by atoms with Crippen LogP contribution in [-0.4, -0.2) is 33.3 Å². The van der Waals surface area contributed by atoms with Crippen LogP contribution in [0.4, 0.5) is 5.69 Å². The number of aromatic carboxylic acids is 1. The topological polar surface area (TPSA) is 107 Å². The fourth-order valence-corrected chi connectivity index (χ4v) is 2.41. The second-order valence-electron chi connectivity index (χ2n) is 5.09. The van der Waals surface area contributed by atoms with Crippen LogP contribution in [0.1, 0.15) is 31.1 Å². The van der Waals surface area contributed by atoms with Gasteiger partial charge in [-0.3, -0.25) is 14.9 Å². The van der Waals surface area contributed by atoms with Gasteiger partial charge >= 0.3 is 11.9 Å². The third kappa shape index (κ3) is 5.07. The molecule has 0 unspecified atom stereocenters. The van der Waals surface area contributed by atoms with Gasteiger partial charge in [-0.25, -0.2) is 4.79 Å². The summed E-state index contributed by atoms with van der Waals surface area (Å²) in [5.41, 5.74) is -1.23. The molecule has 1 N–H and O–H groups in total. The number of carboxylic acids is 1. The smallest absolute Gasteiger partial charge is 0.337 e. The fraction of sp³-hybridized carbons (Fsp3) is 0.385. The monoisotopic (exact) mass is 313 g/mol. The lowest BCUT2D eigenvalue weighted by Crippen LogP contribution is -2.25. The number of hydrogen-bond acceptors (Lipinski definition) is 6. The van der Waals surface area contributed by atoms with Crippen molar-refractivity contribution in [2.75, 3.05) is 5.75 Å². The molecule has 0 aromatic heterocycles. The van der Waals surface area contributed by atoms with Gasteiger partial charge in [0.15, 0.2) is 0 Å². The van der Waals surface area contributed by atoms with E-state index in [2.05, 4.69) is 0 Å². The minimum Gasteiger partial charge on any atom is -0.478 e. The normalized spacial score (nSPS) is 11.0. The Labute approximate surface area is 125 Å². The Morgan fingerprint density at radius 2 is 2.00 bits per heavy atom. The van der Waals surface area contributed by atoms with Crippen LogP contribution in [0, 0.1) is 10.1 Å². The summed E-state index contributed by atoms with van der Waals surface area (Å²) in [5, 5.41) is 20.0. The summed E-state index contributed by atoms with van der Waals surface area (Å²) >= 11 is 0.782. The molecule has 0 spiro atoms. The Balaban J connectivity index is 2.98. The maximum Gasteiger partial charge on any atom is 0.337 e. The van der Waals surface area contributed by atoms with Gasteiger partial charge in [0, 0.05) is 6.07 Å². The summed E-state index contributed by atoms with van der Waals surface area (Å²) in [7, 11) is 0. The quantitative estimate of drug-likeness (QED) is 0.385. The average Bonchev–Trinajstić information content (AvgIpc) is 2.33. The summed E-state index contributed by atoms with van der Waals surface area (Å²) in [6.07, 6.45) is 0. The van der Waals surface area contributed by atoms with Crippen LogP contribution in [0.15, 0.2) is 23.1 Å². The summed E-state index contributed by atoms with van der Waals surface area (Å²) in [5.74, 6) is -2.06. The first-order chi connectivity index (χ1) is 9.61. The van der Waals surface area contributed by atoms with Crippen LogP contribution < -0.4 is 0 Å². The largest absolute Gasteiger partial charge is 0.478 e. The van der Waals surface area contributed by atoms with Gasteiger partial charge in [-0.05, 0) is 26.8 Å². The number of thioether (sulfide) groups is 1. The number of hydrogen-bond donors (Lipinski definition) is 1. The summed E-state index contributed by atoms with van der Waals surface area (Å²) in [6.45, 7) is 5.09. The molecule has 0 saturated heterocycles. The molecule has 0 atom stereocenters. The van der Waals surface area contributed by atoms with E-state index < -0.39 is 22.5 Å². The van der Waals surface area contributed by atoms with E-state index in [1.54, 1.807) is 20.8 Å². The zero-order chi connectivity index (χ0) is 16.2. The van der Waals surface area contributed by atoms with Crippen molar-refractivity contribution in [3.63, 3.8) is 0 Å². The number of rotatable bonds is 5. The fourth-order valence-electron chi connectivity index (χ4n) is 1.49. The molecule has 0 aliphatic rings. The molecule has 0 saturated carbocycles. The van der Waals surface area contributed by atoms with Crippen molar-refractivity contribution in [1.82, 2.24) is 0 Å². The predicted molar refractivity (Wildman–Crippen MR) is 76.6 cm³/mol. The number of benzene rings is 1. The highest BCUT2D eigenvalue weighted by molar-refractivity contribution is 8.00. The van der Waals surface area contributed by atoms with Gasteiger partial charge in [0.05, 0.1) is 16.2 Å². The number of ether oxygens (including phenoxy) is 1. The van der Waals surface area contributed by atoms with Gasteiger partial charge in [-0.15, -0.1) is 11.8 Å². The number of nitro benzene ring substituents is 1. The van der Waals surface area contributed by atoms with E-state index in [0.29, 0.717) is 0 Å². The lowest BCUT2D eigenvalue weighted by Gasteiger charge is -2.19. The van der Waals surface area contributed by atoms with Crippen LogP contribution >= 0.6 is 11.8 Å². The molecule has 0 aliphatic heterocycles. The predicted octanol–water partition coefficient (Wildman–Crippen LogP) is 2.73. The first-order valence-corrected chi connectivity index (χ1v) is 6.95. The Morgan fingerprint density at radius 3 is 2.48 bits per heavy atom. The molecule has 1 rings (SSSR count). The summed E-state index contributed by atoms with van der Waals surface area (Å²) < 4.78 is 5.08. The molecule has 0 fully saturated rings. The number of carboxylic acid groups (broad SMARTS) is 1. The van der Waals surface area contributed by atoms with Crippen molar-refractivity contribution in [3.05, 3.63) is 33.9 Å². The lowest BCUT2D eigenvalue weighted by molar-refractivity contribution is -0.387. The summed E-state index contributed by atoms with van der Waals surface area (Å²) in [4.78, 5) is 33.0. The molecule has 0 bridgehead atoms. The highest BCUT2D eigenvalue weighted by Gasteiger charge is 2.24. The molecule has 0 amide bonds. The van der Waals surface area contributed by atoms with E-state index in [1.807, 2.05) is 0 Å². The molecule has 21 heavy (non-hydrogen) atoms. The lowest BCUT2D eigenvalue weighted by atomic mass is 10.2. The summed E-state index contributed by atoms with van der Waals surface area (Å²) in [6, 6.07) is 3.75. The molecule has 7 nitrogen and oxygen atoms in total. The van der Waals surface area contributed by atoms with Gasteiger partial charge in [0.2, 0.25) is 0 Å². The van der Waals surface area contributed by atoms with E-state index in [1.165, 1.54) is 18.2 Å². The number of nitrogens with zero attached hydrogens (tertiary/aromatic N) is 1. The maximum atomic E-state index is 11.6. The first-order valence-electron chi connectivity index (χ1n) is 5.97. The molecule has 1 aromatic rings. The molecule has 0 aliphatic carbocycles. The van der Waals surface area contributed by atoms with Gasteiger partial charge < -0.3 is 9.84 Å². The number of nitro groups is 1. The van der Waals surface area contributed by atoms with Crippen LogP contribution in [0.25, 0.3) is 0 Å². The standard InChI is InChI=1S/C13H15NO6S/c1-13(2,3)20-10(15)7-21-11-8(12(16)17)5-4-6-9(11)14(18)19/h4-6H,7H2,1-3H3,(H,16,17). The third-order valence-electron chi connectivity index (χ3n) is 2.18. The minimum absolute atomic E-state index is 0.0548. The Morgan fingerprint density at radius 1 is 1.38 bits per heavy atom. The van der Waals surface area contributed by atoms with Crippen molar-refractivity contribution >= 4 is 29.4 Å². The highest BCUT2D eigenvalue weighted by atomic mass is 32.2. The van der Waals surface area contributed by atoms with Crippen molar-refractivity contribution in [1.29, 1.82) is 0 Å². The maximum absolute atomic E-state index is 11.6. The zero-order valence-electron chi connectivity index (χ0n) is 11.8. The van der Waals surface area contributed by atoms with Gasteiger partial charge in [0.25, 0.3) is 5.69 Å². The molecule has 0 radical (unpaired) electrons. The number of esters is 1. The average molecular weight is 313 g/mol. The van der Waals surface area contributed by atoms with Gasteiger partial charge in [-0.1, -0.05) is 6.07 Å². The Bertz CT molecular complexity index is 546. The van der Waals surface area contributed by atoms with E-state index >= 15 is 0 Å². The van der Waals surface area contributed by atoms with Gasteiger partial charge in [0.1, 0.15) is 10.5 Å². The molecule has 114 valence electrons. The second kappa shape index (κ2) is 6.57. The van der Waals surface area contributed by atoms with Crippen molar-refractivity contribution in [2.45, 2.75) is 31.3 Å². The van der Waals surface area contributed by atoms with Crippen LogP contribution in [0.3, 0.4) is 0 Å². The van der Waals surface area contributed by atoms with Gasteiger partial charge in [-0.2, -0.15) is 0 Å². The first kappa shape index (κ1) is 17.0. The minimum atomic E-state index is -1.29. The third-order valence-corrected chi connectivity index (χ3v) is 3.27. The van der Waals surface area contributed by atoms with Crippen LogP contribution in [0.5, 0.6) is 0 Å². The van der Waals surface area contributed by atoms with Crippen molar-refractivity contribution in [3.8, 4) is 0 Å². The molecular weight excluding hydrogens is 298 g/mol. The SMILES string of the molecule is CC(C)(C)OC(=O)CSc1c(C(=O)O)cccc1[N+](=O)[O-]. The number of carbonyl (C=O) groups excluding carboxylic acids is 1. The van der Waals surface area contributed by atoms with Crippen molar-refractivity contribution < 1.29 is 24.4 Å². The highest BCUT2D eigenvalue weighted by Crippen LogP contribution is 2.33. The molecule has 1 aromatic carbocycles.